The Hall–Kier alpha value is -0.220. The van der Waals surface area contributed by atoms with Gasteiger partial charge in [0.15, 0.2) is 0 Å². The topological polar surface area (TPSA) is 46.3 Å². The zero-order valence-electron chi connectivity index (χ0n) is 9.41. The molecule has 2 unspecified atom stereocenters. The number of rotatable bonds is 1. The molecule has 14 heavy (non-hydrogen) atoms. The summed E-state index contributed by atoms with van der Waals surface area (Å²) in [6, 6.07) is 0. The molecule has 3 nitrogen and oxygen atoms in total. The largest absolute Gasteiger partial charge is 0.339 e. The molecule has 0 aromatic rings. The highest BCUT2D eigenvalue weighted by Gasteiger charge is 2.32. The monoisotopic (exact) mass is 216 g/mol. The molecule has 0 bridgehead atoms. The van der Waals surface area contributed by atoms with Crippen molar-refractivity contribution in [3.8, 4) is 0 Å². The molecule has 0 saturated carbocycles. The average Bonchev–Trinajstić information content (AvgIpc) is 1.99. The van der Waals surface area contributed by atoms with E-state index in [1.807, 2.05) is 16.7 Å². The first-order chi connectivity index (χ1) is 6.30. The third kappa shape index (κ3) is 2.89. The van der Waals surface area contributed by atoms with Crippen molar-refractivity contribution in [2.45, 2.75) is 43.7 Å². The summed E-state index contributed by atoms with van der Waals surface area (Å²) in [7, 11) is 0. The van der Waals surface area contributed by atoms with Gasteiger partial charge >= 0.3 is 0 Å². The van der Waals surface area contributed by atoms with Crippen molar-refractivity contribution < 1.29 is 4.79 Å². The van der Waals surface area contributed by atoms with Crippen LogP contribution in [0.4, 0.5) is 0 Å². The van der Waals surface area contributed by atoms with E-state index in [2.05, 4.69) is 13.8 Å². The predicted molar refractivity (Wildman–Crippen MR) is 61.4 cm³/mol. The molecule has 1 heterocycles. The summed E-state index contributed by atoms with van der Waals surface area (Å²) >= 11 is 1.94. The minimum absolute atomic E-state index is 0.0662. The second kappa shape index (κ2) is 4.11. The van der Waals surface area contributed by atoms with Gasteiger partial charge in [-0.25, -0.2) is 0 Å². The van der Waals surface area contributed by atoms with Gasteiger partial charge in [0.25, 0.3) is 0 Å². The lowest BCUT2D eigenvalue weighted by Crippen LogP contribution is -2.55. The highest BCUT2D eigenvalue weighted by atomic mass is 32.2. The maximum absolute atomic E-state index is 11.9. The van der Waals surface area contributed by atoms with E-state index in [1.165, 1.54) is 0 Å². The highest BCUT2D eigenvalue weighted by Crippen LogP contribution is 2.25. The predicted octanol–water partition coefficient (Wildman–Crippen LogP) is 1.08. The number of amides is 1. The van der Waals surface area contributed by atoms with E-state index in [0.717, 1.165) is 13.1 Å². The lowest BCUT2D eigenvalue weighted by atomic mass is 10.1. The molecule has 2 N–H and O–H groups in total. The van der Waals surface area contributed by atoms with Crippen molar-refractivity contribution >= 4 is 17.7 Å². The molecule has 0 radical (unpaired) electrons. The van der Waals surface area contributed by atoms with Gasteiger partial charge < -0.3 is 10.6 Å². The standard InChI is InChI=1S/C10H20N2OS/c1-7-5-12(6-8(2)14-7)9(13)10(3,4)11/h7-8H,5-6,11H2,1-4H3. The molecule has 1 saturated heterocycles. The minimum atomic E-state index is -0.735. The molecule has 0 aliphatic carbocycles. The molecule has 1 amide bonds. The summed E-state index contributed by atoms with van der Waals surface area (Å²) < 4.78 is 0. The molecule has 0 aromatic carbocycles. The van der Waals surface area contributed by atoms with Gasteiger partial charge in [-0.2, -0.15) is 11.8 Å². The third-order valence-corrected chi connectivity index (χ3v) is 3.49. The number of carbonyl (C=O) groups is 1. The van der Waals surface area contributed by atoms with E-state index >= 15 is 0 Å². The van der Waals surface area contributed by atoms with Crippen LogP contribution in [0.2, 0.25) is 0 Å². The number of thioether (sulfide) groups is 1. The Morgan fingerprint density at radius 2 is 1.79 bits per heavy atom. The Morgan fingerprint density at radius 1 is 1.36 bits per heavy atom. The molecule has 2 atom stereocenters. The normalized spacial score (nSPS) is 29.1. The van der Waals surface area contributed by atoms with Crippen molar-refractivity contribution in [2.75, 3.05) is 13.1 Å². The fourth-order valence-electron chi connectivity index (χ4n) is 1.75. The number of nitrogens with zero attached hydrogens (tertiary/aromatic N) is 1. The van der Waals surface area contributed by atoms with E-state index in [4.69, 9.17) is 5.73 Å². The van der Waals surface area contributed by atoms with E-state index in [-0.39, 0.29) is 5.91 Å². The summed E-state index contributed by atoms with van der Waals surface area (Å²) in [5.74, 6) is 0.0662. The van der Waals surface area contributed by atoms with Crippen molar-refractivity contribution in [3.63, 3.8) is 0 Å². The van der Waals surface area contributed by atoms with Crippen LogP contribution in [0.15, 0.2) is 0 Å². The minimum Gasteiger partial charge on any atom is -0.339 e. The quantitative estimate of drug-likeness (QED) is 0.713. The lowest BCUT2D eigenvalue weighted by molar-refractivity contribution is -0.135. The van der Waals surface area contributed by atoms with Crippen LogP contribution in [0.3, 0.4) is 0 Å². The van der Waals surface area contributed by atoms with E-state index in [9.17, 15) is 4.79 Å². The SMILES string of the molecule is CC1CN(C(=O)C(C)(C)N)CC(C)S1. The summed E-state index contributed by atoms with van der Waals surface area (Å²) in [5.41, 5.74) is 5.07. The molecule has 1 aliphatic heterocycles. The molecular formula is C10H20N2OS. The maximum Gasteiger partial charge on any atom is 0.242 e. The fraction of sp³-hybridized carbons (Fsp3) is 0.900. The van der Waals surface area contributed by atoms with Crippen molar-refractivity contribution in [1.29, 1.82) is 0 Å². The number of carbonyl (C=O) groups excluding carboxylic acids is 1. The van der Waals surface area contributed by atoms with Crippen molar-refractivity contribution in [1.82, 2.24) is 4.90 Å². The van der Waals surface area contributed by atoms with Crippen LogP contribution in [0.1, 0.15) is 27.7 Å². The van der Waals surface area contributed by atoms with Gasteiger partial charge in [0.2, 0.25) is 5.91 Å². The Labute approximate surface area is 90.4 Å². The highest BCUT2D eigenvalue weighted by molar-refractivity contribution is 8.00. The average molecular weight is 216 g/mol. The van der Waals surface area contributed by atoms with Crippen LogP contribution < -0.4 is 5.73 Å². The van der Waals surface area contributed by atoms with Crippen LogP contribution in [-0.2, 0) is 4.79 Å². The second-order valence-electron chi connectivity index (χ2n) is 4.69. The molecule has 0 aromatic heterocycles. The number of hydrogen-bond donors (Lipinski definition) is 1. The van der Waals surface area contributed by atoms with Crippen molar-refractivity contribution in [2.24, 2.45) is 5.73 Å². The lowest BCUT2D eigenvalue weighted by Gasteiger charge is -2.37. The Bertz CT molecular complexity index is 215. The zero-order valence-corrected chi connectivity index (χ0v) is 10.2. The molecule has 1 rings (SSSR count). The molecular weight excluding hydrogens is 196 g/mol. The van der Waals surface area contributed by atoms with Gasteiger partial charge in [-0.3, -0.25) is 4.79 Å². The fourth-order valence-corrected chi connectivity index (χ4v) is 3.08. The maximum atomic E-state index is 11.9. The Balaban J connectivity index is 2.64. The zero-order chi connectivity index (χ0) is 10.9. The van der Waals surface area contributed by atoms with Crippen LogP contribution in [0.5, 0.6) is 0 Å². The molecule has 4 heteroatoms. The van der Waals surface area contributed by atoms with Gasteiger partial charge in [0.05, 0.1) is 5.54 Å². The van der Waals surface area contributed by atoms with E-state index in [0.29, 0.717) is 10.5 Å². The number of nitrogens with two attached hydrogens (primary N) is 1. The second-order valence-corrected chi connectivity index (χ2v) is 6.57. The molecule has 1 fully saturated rings. The van der Waals surface area contributed by atoms with Crippen LogP contribution >= 0.6 is 11.8 Å². The van der Waals surface area contributed by atoms with Crippen LogP contribution in [0.25, 0.3) is 0 Å². The van der Waals surface area contributed by atoms with Gasteiger partial charge in [0.1, 0.15) is 0 Å². The van der Waals surface area contributed by atoms with Gasteiger partial charge in [-0.1, -0.05) is 13.8 Å². The summed E-state index contributed by atoms with van der Waals surface area (Å²) in [5, 5.41) is 1.04. The summed E-state index contributed by atoms with van der Waals surface area (Å²) in [6.45, 7) is 9.51. The summed E-state index contributed by atoms with van der Waals surface area (Å²) in [6.07, 6.45) is 0. The van der Waals surface area contributed by atoms with Gasteiger partial charge in [0, 0.05) is 23.6 Å². The van der Waals surface area contributed by atoms with Crippen LogP contribution in [-0.4, -0.2) is 39.9 Å². The van der Waals surface area contributed by atoms with E-state index in [1.54, 1.807) is 13.8 Å². The number of hydrogen-bond acceptors (Lipinski definition) is 3. The van der Waals surface area contributed by atoms with Gasteiger partial charge in [-0.05, 0) is 13.8 Å². The van der Waals surface area contributed by atoms with Crippen molar-refractivity contribution in [3.05, 3.63) is 0 Å². The molecule has 0 spiro atoms. The third-order valence-electron chi connectivity index (χ3n) is 2.26. The van der Waals surface area contributed by atoms with Gasteiger partial charge in [-0.15, -0.1) is 0 Å². The smallest absolute Gasteiger partial charge is 0.242 e. The summed E-state index contributed by atoms with van der Waals surface area (Å²) in [4.78, 5) is 13.8. The Kier molecular flexibility index (Phi) is 3.48. The first-order valence-electron chi connectivity index (χ1n) is 5.04. The first-order valence-corrected chi connectivity index (χ1v) is 5.98. The van der Waals surface area contributed by atoms with Crippen LogP contribution in [0, 0.1) is 0 Å². The molecule has 82 valence electrons. The Morgan fingerprint density at radius 3 is 2.14 bits per heavy atom. The van der Waals surface area contributed by atoms with E-state index < -0.39 is 5.54 Å². The first kappa shape index (κ1) is 11.9. The molecule has 1 aliphatic rings.